The molecule has 0 spiro atoms. The predicted molar refractivity (Wildman–Crippen MR) is 165 cm³/mol. The van der Waals surface area contributed by atoms with Crippen LogP contribution in [-0.2, 0) is 0 Å². The molecule has 1 aromatic heterocycles. The molecule has 0 fully saturated rings. The van der Waals surface area contributed by atoms with Crippen LogP contribution in [0.25, 0.3) is 76.9 Å². The standard InChI is InChI=1S/C38H24O/c1-2-11-25(12-3-1)26-21-23-27(24-22-26)36-28-13-4-6-15-30(28)37(31-16-7-5-14-29(31)36)33-18-10-20-35-38(33)32-17-8-9-19-34(32)39-35/h1-24H/i4D,5D,6D,7D,8D,9D,10D,13D,15D,16D,17D,18D,19D,20D. The SMILES string of the molecule is [2H]c1cc2c(-c3ccc(-c4ccccc4)cc3)c3c([2H])c([2H])c([2H])c([2H])c3c(-c3c([2H])c([2H])c([2H])c4oc5c([2H])c([2H])c([2H])c([2H])c5c34)c2c([2H])c1[2H]. The molecular weight excluding hydrogens is 472 g/mol. The zero-order chi connectivity index (χ0) is 37.9. The van der Waals surface area contributed by atoms with Crippen LogP contribution in [-0.4, -0.2) is 0 Å². The summed E-state index contributed by atoms with van der Waals surface area (Å²) >= 11 is 0. The van der Waals surface area contributed by atoms with Gasteiger partial charge >= 0.3 is 0 Å². The minimum Gasteiger partial charge on any atom is -0.456 e. The highest BCUT2D eigenvalue weighted by atomic mass is 16.3. The first-order chi connectivity index (χ1) is 25.2. The number of hydrogen-bond donors (Lipinski definition) is 0. The van der Waals surface area contributed by atoms with Gasteiger partial charge in [-0.2, -0.15) is 0 Å². The van der Waals surface area contributed by atoms with Crippen molar-refractivity contribution >= 4 is 43.5 Å². The van der Waals surface area contributed by atoms with Crippen molar-refractivity contribution in [3.63, 3.8) is 0 Å². The average molecular weight is 511 g/mol. The van der Waals surface area contributed by atoms with Crippen molar-refractivity contribution in [1.29, 1.82) is 0 Å². The van der Waals surface area contributed by atoms with Crippen molar-refractivity contribution in [1.82, 2.24) is 0 Å². The second kappa shape index (κ2) is 8.72. The Morgan fingerprint density at radius 3 is 1.79 bits per heavy atom. The van der Waals surface area contributed by atoms with Crippen LogP contribution < -0.4 is 0 Å². The van der Waals surface area contributed by atoms with Gasteiger partial charge in [-0.1, -0.05) is 133 Å². The Balaban J connectivity index is 1.67. The molecule has 0 N–H and O–H groups in total. The number of fused-ring (bicyclic) bond motifs is 5. The summed E-state index contributed by atoms with van der Waals surface area (Å²) in [5.41, 5.74) is 1.30. The number of rotatable bonds is 3. The third-order valence-electron chi connectivity index (χ3n) is 6.93. The van der Waals surface area contributed by atoms with E-state index in [0.29, 0.717) is 5.56 Å². The maximum absolute atomic E-state index is 9.28. The van der Waals surface area contributed by atoms with Gasteiger partial charge in [0.1, 0.15) is 11.2 Å². The Morgan fingerprint density at radius 1 is 0.410 bits per heavy atom. The van der Waals surface area contributed by atoms with Gasteiger partial charge in [-0.15, -0.1) is 0 Å². The smallest absolute Gasteiger partial charge is 0.136 e. The van der Waals surface area contributed by atoms with Crippen LogP contribution >= 0.6 is 0 Å². The van der Waals surface area contributed by atoms with Crippen molar-refractivity contribution in [2.75, 3.05) is 0 Å². The molecule has 7 aromatic carbocycles. The van der Waals surface area contributed by atoms with Crippen LogP contribution in [0.4, 0.5) is 0 Å². The van der Waals surface area contributed by atoms with Gasteiger partial charge in [0.2, 0.25) is 0 Å². The molecule has 1 heteroatoms. The zero-order valence-electron chi connectivity index (χ0n) is 34.2. The predicted octanol–water partition coefficient (Wildman–Crippen LogP) is 10.9. The van der Waals surface area contributed by atoms with Crippen LogP contribution in [0.15, 0.2) is 150 Å². The molecule has 182 valence electrons. The van der Waals surface area contributed by atoms with E-state index in [-0.39, 0.29) is 66.2 Å². The summed E-state index contributed by atoms with van der Waals surface area (Å²) in [6.45, 7) is 0. The summed E-state index contributed by atoms with van der Waals surface area (Å²) in [7, 11) is 0. The Hall–Kier alpha value is -5.14. The Morgan fingerprint density at radius 2 is 1.00 bits per heavy atom. The second-order valence-electron chi connectivity index (χ2n) is 9.03. The quantitative estimate of drug-likeness (QED) is 0.215. The maximum Gasteiger partial charge on any atom is 0.136 e. The van der Waals surface area contributed by atoms with Gasteiger partial charge in [0.15, 0.2) is 0 Å². The van der Waals surface area contributed by atoms with Crippen LogP contribution in [0.3, 0.4) is 0 Å². The van der Waals surface area contributed by atoms with E-state index in [1.54, 1.807) is 12.1 Å². The second-order valence-corrected chi connectivity index (χ2v) is 9.03. The Bertz CT molecular complexity index is 2920. The molecule has 1 heterocycles. The Kier molecular flexibility index (Phi) is 2.72. The molecule has 8 aromatic rings. The molecule has 0 saturated heterocycles. The fraction of sp³-hybridized carbons (Fsp3) is 0. The van der Waals surface area contributed by atoms with Crippen LogP contribution in [0.1, 0.15) is 19.2 Å². The molecule has 0 aliphatic rings. The third kappa shape index (κ3) is 3.41. The molecule has 39 heavy (non-hydrogen) atoms. The summed E-state index contributed by atoms with van der Waals surface area (Å²) in [5, 5.41) is -0.577. The summed E-state index contributed by atoms with van der Waals surface area (Å²) in [6.07, 6.45) is 0. The highest BCUT2D eigenvalue weighted by Crippen LogP contribution is 2.46. The molecule has 1 nitrogen and oxygen atoms in total. The van der Waals surface area contributed by atoms with Crippen molar-refractivity contribution in [2.24, 2.45) is 0 Å². The van der Waals surface area contributed by atoms with E-state index in [0.717, 1.165) is 11.1 Å². The molecule has 0 aliphatic heterocycles. The lowest BCUT2D eigenvalue weighted by molar-refractivity contribution is 0.669. The lowest BCUT2D eigenvalue weighted by Crippen LogP contribution is -1.91. The zero-order valence-corrected chi connectivity index (χ0v) is 20.2. The van der Waals surface area contributed by atoms with Crippen molar-refractivity contribution in [3.8, 4) is 33.4 Å². The number of para-hydroxylation sites is 1. The minimum atomic E-state index is -0.667. The largest absolute Gasteiger partial charge is 0.456 e. The van der Waals surface area contributed by atoms with Gasteiger partial charge in [0.25, 0.3) is 0 Å². The van der Waals surface area contributed by atoms with E-state index in [1.807, 2.05) is 42.5 Å². The average Bonchev–Trinajstić information content (AvgIpc) is 3.56. The Labute approximate surface area is 246 Å². The summed E-state index contributed by atoms with van der Waals surface area (Å²) in [6, 6.07) is 10.1. The fourth-order valence-electron chi connectivity index (χ4n) is 5.24. The summed E-state index contributed by atoms with van der Waals surface area (Å²) < 4.78 is 129. The first-order valence-corrected chi connectivity index (χ1v) is 12.2. The van der Waals surface area contributed by atoms with Gasteiger partial charge in [0, 0.05) is 10.8 Å². The van der Waals surface area contributed by atoms with Crippen molar-refractivity contribution < 1.29 is 23.6 Å². The lowest BCUT2D eigenvalue weighted by Gasteiger charge is -2.18. The molecule has 8 rings (SSSR count). The van der Waals surface area contributed by atoms with Gasteiger partial charge in [-0.3, -0.25) is 0 Å². The van der Waals surface area contributed by atoms with Gasteiger partial charge in [-0.05, 0) is 67.0 Å². The van der Waals surface area contributed by atoms with Gasteiger partial charge < -0.3 is 4.42 Å². The van der Waals surface area contributed by atoms with Crippen LogP contribution in [0.2, 0.25) is 0 Å². The van der Waals surface area contributed by atoms with Gasteiger partial charge in [-0.25, -0.2) is 0 Å². The molecular formula is C38H24O. The molecule has 0 unspecified atom stereocenters. The first kappa shape index (κ1) is 12.1. The third-order valence-corrected chi connectivity index (χ3v) is 6.93. The number of benzene rings is 7. The topological polar surface area (TPSA) is 13.1 Å². The highest BCUT2D eigenvalue weighted by molar-refractivity contribution is 6.25. The highest BCUT2D eigenvalue weighted by Gasteiger charge is 2.19. The van der Waals surface area contributed by atoms with E-state index in [4.69, 9.17) is 18.1 Å². The normalized spacial score (nSPS) is 16.6. The molecule has 0 atom stereocenters. The van der Waals surface area contributed by atoms with Crippen molar-refractivity contribution in [2.45, 2.75) is 0 Å². The summed E-state index contributed by atoms with van der Waals surface area (Å²) in [4.78, 5) is 0. The van der Waals surface area contributed by atoms with Gasteiger partial charge in [0.05, 0.1) is 19.2 Å². The molecule has 0 bridgehead atoms. The number of furan rings is 1. The van der Waals surface area contributed by atoms with E-state index in [9.17, 15) is 5.48 Å². The van der Waals surface area contributed by atoms with E-state index in [1.165, 1.54) is 6.07 Å². The minimum absolute atomic E-state index is 0.0359. The molecule has 0 amide bonds. The molecule has 0 aliphatic carbocycles. The lowest BCUT2D eigenvalue weighted by atomic mass is 9.84. The van der Waals surface area contributed by atoms with Crippen LogP contribution in [0.5, 0.6) is 0 Å². The molecule has 0 radical (unpaired) electrons. The molecule has 0 saturated carbocycles. The van der Waals surface area contributed by atoms with Crippen LogP contribution in [0, 0.1) is 0 Å². The maximum atomic E-state index is 9.28. The van der Waals surface area contributed by atoms with E-state index in [2.05, 4.69) is 0 Å². The summed E-state index contributed by atoms with van der Waals surface area (Å²) in [5.74, 6) is 0. The first-order valence-electron chi connectivity index (χ1n) is 19.2. The van der Waals surface area contributed by atoms with Crippen molar-refractivity contribution in [3.05, 3.63) is 145 Å². The monoisotopic (exact) mass is 510 g/mol. The number of hydrogen-bond acceptors (Lipinski definition) is 1. The fourth-order valence-corrected chi connectivity index (χ4v) is 5.24. The van der Waals surface area contributed by atoms with E-state index < -0.39 is 78.6 Å². The van der Waals surface area contributed by atoms with E-state index >= 15 is 0 Å².